The van der Waals surface area contributed by atoms with Gasteiger partial charge in [0.05, 0.1) is 6.04 Å². The minimum absolute atomic E-state index is 0.225. The van der Waals surface area contributed by atoms with Gasteiger partial charge in [0.15, 0.2) is 5.17 Å². The van der Waals surface area contributed by atoms with Crippen LogP contribution in [0.3, 0.4) is 0 Å². The first-order chi connectivity index (χ1) is 8.13. The summed E-state index contributed by atoms with van der Waals surface area (Å²) >= 11 is 1.71. The van der Waals surface area contributed by atoms with E-state index in [1.165, 1.54) is 12.1 Å². The van der Waals surface area contributed by atoms with Crippen LogP contribution >= 0.6 is 11.8 Å². The molecule has 0 bridgehead atoms. The summed E-state index contributed by atoms with van der Waals surface area (Å²) in [7, 11) is 0. The summed E-state index contributed by atoms with van der Waals surface area (Å²) in [5.74, 6) is 1.46. The SMILES string of the molecule is CC(C)CC1CSC(Nc2cccc(F)c2)=N1. The highest BCUT2D eigenvalue weighted by Gasteiger charge is 2.19. The first-order valence-corrected chi connectivity index (χ1v) is 6.85. The molecule has 2 nitrogen and oxygen atoms in total. The molecular weight excluding hydrogens is 235 g/mol. The van der Waals surface area contributed by atoms with Gasteiger partial charge in [0.1, 0.15) is 5.82 Å². The lowest BCUT2D eigenvalue weighted by Gasteiger charge is -2.07. The van der Waals surface area contributed by atoms with Crippen LogP contribution in [0.4, 0.5) is 10.1 Å². The molecule has 92 valence electrons. The van der Waals surface area contributed by atoms with Gasteiger partial charge in [0, 0.05) is 11.4 Å². The van der Waals surface area contributed by atoms with E-state index in [9.17, 15) is 4.39 Å². The maximum atomic E-state index is 13.0. The minimum Gasteiger partial charge on any atom is -0.335 e. The Kier molecular flexibility index (Phi) is 4.05. The summed E-state index contributed by atoms with van der Waals surface area (Å²) in [4.78, 5) is 4.60. The van der Waals surface area contributed by atoms with Gasteiger partial charge in [0.25, 0.3) is 0 Å². The number of aliphatic imine (C=N–C) groups is 1. The lowest BCUT2D eigenvalue weighted by Crippen LogP contribution is -2.08. The molecule has 2 rings (SSSR count). The van der Waals surface area contributed by atoms with Gasteiger partial charge in [-0.25, -0.2) is 4.39 Å². The van der Waals surface area contributed by atoms with E-state index in [4.69, 9.17) is 0 Å². The van der Waals surface area contributed by atoms with Crippen LogP contribution in [-0.4, -0.2) is 17.0 Å². The van der Waals surface area contributed by atoms with Crippen LogP contribution in [0.5, 0.6) is 0 Å². The molecule has 0 amide bonds. The van der Waals surface area contributed by atoms with Gasteiger partial charge in [0.2, 0.25) is 0 Å². The van der Waals surface area contributed by atoms with Crippen LogP contribution in [-0.2, 0) is 0 Å². The summed E-state index contributed by atoms with van der Waals surface area (Å²) in [5.41, 5.74) is 0.765. The van der Waals surface area contributed by atoms with Gasteiger partial charge in [-0.3, -0.25) is 4.99 Å². The standard InChI is InChI=1S/C13H17FN2S/c1-9(2)6-12-8-17-13(16-12)15-11-5-3-4-10(14)7-11/h3-5,7,9,12H,6,8H2,1-2H3,(H,15,16). The second-order valence-corrected chi connectivity index (χ2v) is 5.67. The van der Waals surface area contributed by atoms with E-state index < -0.39 is 0 Å². The molecule has 17 heavy (non-hydrogen) atoms. The predicted molar refractivity (Wildman–Crippen MR) is 73.2 cm³/mol. The molecule has 1 aromatic rings. The van der Waals surface area contributed by atoms with Crippen LogP contribution in [0.2, 0.25) is 0 Å². The van der Waals surface area contributed by atoms with Crippen molar-refractivity contribution in [3.05, 3.63) is 30.1 Å². The number of rotatable bonds is 3. The Morgan fingerprint density at radius 2 is 2.35 bits per heavy atom. The third kappa shape index (κ3) is 3.73. The van der Waals surface area contributed by atoms with E-state index in [0.29, 0.717) is 12.0 Å². The van der Waals surface area contributed by atoms with Gasteiger partial charge >= 0.3 is 0 Å². The summed E-state index contributed by atoms with van der Waals surface area (Å²) in [6.07, 6.45) is 1.11. The average molecular weight is 252 g/mol. The molecule has 1 aromatic carbocycles. The Balaban J connectivity index is 1.96. The highest BCUT2D eigenvalue weighted by atomic mass is 32.2. The number of thioether (sulfide) groups is 1. The van der Waals surface area contributed by atoms with Crippen molar-refractivity contribution in [1.82, 2.24) is 0 Å². The normalized spacial score (nSPS) is 19.5. The quantitative estimate of drug-likeness (QED) is 0.886. The van der Waals surface area contributed by atoms with Gasteiger partial charge in [-0.15, -0.1) is 0 Å². The van der Waals surface area contributed by atoms with Crippen molar-refractivity contribution in [3.8, 4) is 0 Å². The summed E-state index contributed by atoms with van der Waals surface area (Å²) in [6.45, 7) is 4.41. The topological polar surface area (TPSA) is 24.4 Å². The van der Waals surface area contributed by atoms with Crippen molar-refractivity contribution >= 4 is 22.6 Å². The Labute approximate surface area is 106 Å². The Bertz CT molecular complexity index is 418. The van der Waals surface area contributed by atoms with E-state index in [2.05, 4.69) is 24.2 Å². The van der Waals surface area contributed by atoms with Crippen LogP contribution in [0.1, 0.15) is 20.3 Å². The number of amidine groups is 1. The largest absolute Gasteiger partial charge is 0.335 e. The highest BCUT2D eigenvalue weighted by Crippen LogP contribution is 2.24. The fourth-order valence-electron chi connectivity index (χ4n) is 1.84. The van der Waals surface area contributed by atoms with Crippen molar-refractivity contribution < 1.29 is 4.39 Å². The zero-order valence-corrected chi connectivity index (χ0v) is 10.9. The third-order valence-corrected chi connectivity index (χ3v) is 3.56. The van der Waals surface area contributed by atoms with E-state index in [-0.39, 0.29) is 5.82 Å². The molecule has 1 N–H and O–H groups in total. The van der Waals surface area contributed by atoms with Gasteiger partial charge < -0.3 is 5.32 Å². The fourth-order valence-corrected chi connectivity index (χ4v) is 2.81. The maximum absolute atomic E-state index is 13.0. The van der Waals surface area contributed by atoms with E-state index in [1.807, 2.05) is 6.07 Å². The van der Waals surface area contributed by atoms with Crippen molar-refractivity contribution in [2.75, 3.05) is 11.1 Å². The van der Waals surface area contributed by atoms with Crippen LogP contribution < -0.4 is 5.32 Å². The third-order valence-electron chi connectivity index (χ3n) is 2.53. The molecule has 0 aliphatic carbocycles. The molecule has 1 unspecified atom stereocenters. The molecule has 1 aliphatic rings. The van der Waals surface area contributed by atoms with E-state index >= 15 is 0 Å². The van der Waals surface area contributed by atoms with Gasteiger partial charge in [-0.1, -0.05) is 31.7 Å². The first kappa shape index (κ1) is 12.4. The molecule has 4 heteroatoms. The molecule has 0 saturated carbocycles. The van der Waals surface area contributed by atoms with Crippen LogP contribution in [0.15, 0.2) is 29.3 Å². The molecule has 1 atom stereocenters. The van der Waals surface area contributed by atoms with Crippen molar-refractivity contribution in [3.63, 3.8) is 0 Å². The Morgan fingerprint density at radius 3 is 3.06 bits per heavy atom. The zero-order chi connectivity index (χ0) is 12.3. The molecule has 1 aliphatic heterocycles. The number of nitrogens with one attached hydrogen (secondary N) is 1. The van der Waals surface area contributed by atoms with E-state index in [0.717, 1.165) is 23.0 Å². The van der Waals surface area contributed by atoms with Crippen molar-refractivity contribution in [2.24, 2.45) is 10.9 Å². The molecule has 0 aromatic heterocycles. The maximum Gasteiger partial charge on any atom is 0.161 e. The number of anilines is 1. The number of benzene rings is 1. The summed E-state index contributed by atoms with van der Waals surface area (Å²) < 4.78 is 13.0. The zero-order valence-electron chi connectivity index (χ0n) is 10.1. The second-order valence-electron chi connectivity index (χ2n) is 4.66. The molecule has 0 saturated heterocycles. The predicted octanol–water partition coefficient (Wildman–Crippen LogP) is 3.76. The molecular formula is C13H17FN2S. The smallest absolute Gasteiger partial charge is 0.161 e. The molecule has 0 spiro atoms. The molecule has 1 heterocycles. The lowest BCUT2D eigenvalue weighted by atomic mass is 10.1. The van der Waals surface area contributed by atoms with Gasteiger partial charge in [-0.2, -0.15) is 0 Å². The van der Waals surface area contributed by atoms with Gasteiger partial charge in [-0.05, 0) is 30.5 Å². The number of halogens is 1. The number of hydrogen-bond acceptors (Lipinski definition) is 3. The van der Waals surface area contributed by atoms with Crippen LogP contribution in [0.25, 0.3) is 0 Å². The highest BCUT2D eigenvalue weighted by molar-refractivity contribution is 8.14. The lowest BCUT2D eigenvalue weighted by molar-refractivity contribution is 0.529. The first-order valence-electron chi connectivity index (χ1n) is 5.86. The van der Waals surface area contributed by atoms with Crippen LogP contribution in [0, 0.1) is 11.7 Å². The number of hydrogen-bond donors (Lipinski definition) is 1. The van der Waals surface area contributed by atoms with Crippen molar-refractivity contribution in [2.45, 2.75) is 26.3 Å². The second kappa shape index (κ2) is 5.54. The van der Waals surface area contributed by atoms with E-state index in [1.54, 1.807) is 17.8 Å². The van der Waals surface area contributed by atoms with Crippen molar-refractivity contribution in [1.29, 1.82) is 0 Å². The summed E-state index contributed by atoms with van der Waals surface area (Å²) in [5, 5.41) is 4.06. The Hall–Kier alpha value is -1.03. The summed E-state index contributed by atoms with van der Waals surface area (Å²) in [6, 6.07) is 6.87. The number of nitrogens with zero attached hydrogens (tertiary/aromatic N) is 1. The fraction of sp³-hybridized carbons (Fsp3) is 0.462. The molecule has 0 fully saturated rings. The monoisotopic (exact) mass is 252 g/mol. The average Bonchev–Trinajstić information content (AvgIpc) is 2.64. The molecule has 0 radical (unpaired) electrons. The minimum atomic E-state index is -0.225. The Morgan fingerprint density at radius 1 is 1.53 bits per heavy atom.